The third-order valence-corrected chi connectivity index (χ3v) is 5.03. The van der Waals surface area contributed by atoms with Gasteiger partial charge in [-0.25, -0.2) is 9.97 Å². The second-order valence-electron chi connectivity index (χ2n) is 6.64. The Bertz CT molecular complexity index is 716. The van der Waals surface area contributed by atoms with Crippen molar-refractivity contribution >= 4 is 16.7 Å². The molecule has 1 aromatic heterocycles. The van der Waals surface area contributed by atoms with Gasteiger partial charge in [-0.3, -0.25) is 0 Å². The lowest BCUT2D eigenvalue weighted by atomic mass is 9.94. The molecule has 6 nitrogen and oxygen atoms in total. The first-order chi connectivity index (χ1) is 12.8. The van der Waals surface area contributed by atoms with Gasteiger partial charge in [-0.15, -0.1) is 0 Å². The molecule has 2 heterocycles. The van der Waals surface area contributed by atoms with Gasteiger partial charge in [-0.05, 0) is 57.0 Å². The van der Waals surface area contributed by atoms with Crippen molar-refractivity contribution in [2.45, 2.75) is 51.0 Å². The summed E-state index contributed by atoms with van der Waals surface area (Å²) < 4.78 is 0. The normalized spacial score (nSPS) is 17.6. The fourth-order valence-electron chi connectivity index (χ4n) is 3.70. The smallest absolute Gasteiger partial charge is 0.134 e. The fourth-order valence-corrected chi connectivity index (χ4v) is 3.70. The minimum Gasteiger partial charge on any atom is -0.400 e. The molecule has 1 aromatic carbocycles. The van der Waals surface area contributed by atoms with Crippen LogP contribution >= 0.6 is 0 Å². The highest BCUT2D eigenvalue weighted by molar-refractivity contribution is 5.88. The van der Waals surface area contributed by atoms with E-state index in [2.05, 4.69) is 14.9 Å². The van der Waals surface area contributed by atoms with Gasteiger partial charge in [0.1, 0.15) is 12.1 Å². The molecule has 2 aromatic rings. The molecule has 0 unspecified atom stereocenters. The Balaban J connectivity index is 0.000000173. The van der Waals surface area contributed by atoms with Gasteiger partial charge in [-0.1, -0.05) is 19.3 Å². The number of nitrogens with zero attached hydrogens (tertiary/aromatic N) is 4. The zero-order chi connectivity index (χ0) is 18.8. The Labute approximate surface area is 155 Å². The molecule has 0 bridgehead atoms. The van der Waals surface area contributed by atoms with Gasteiger partial charge < -0.3 is 15.7 Å². The van der Waals surface area contributed by atoms with Crippen LogP contribution in [-0.4, -0.2) is 46.2 Å². The van der Waals surface area contributed by atoms with E-state index in [0.717, 1.165) is 24.1 Å². The van der Waals surface area contributed by atoms with E-state index >= 15 is 0 Å². The van der Waals surface area contributed by atoms with Gasteiger partial charge in [0, 0.05) is 18.5 Å². The summed E-state index contributed by atoms with van der Waals surface area (Å²) in [5, 5.41) is 16.4. The van der Waals surface area contributed by atoms with Crippen LogP contribution in [0.3, 0.4) is 0 Å². The third-order valence-electron chi connectivity index (χ3n) is 5.03. The van der Waals surface area contributed by atoms with Crippen LogP contribution in [0.5, 0.6) is 0 Å². The van der Waals surface area contributed by atoms with Crippen LogP contribution < -0.4 is 5.73 Å². The number of hydrogen-bond acceptors (Lipinski definition) is 6. The number of hydrogen-bond donors (Lipinski definition) is 2. The zero-order valence-electron chi connectivity index (χ0n) is 15.6. The monoisotopic (exact) mass is 355 g/mol. The molecule has 0 amide bonds. The van der Waals surface area contributed by atoms with Gasteiger partial charge in [-0.2, -0.15) is 5.26 Å². The van der Waals surface area contributed by atoms with Crippen LogP contribution in [0, 0.1) is 11.3 Å². The molecule has 1 aliphatic carbocycles. The van der Waals surface area contributed by atoms with Crippen molar-refractivity contribution in [2.24, 2.45) is 0 Å². The molecule has 0 radical (unpaired) electrons. The van der Waals surface area contributed by atoms with Crippen LogP contribution in [0.25, 0.3) is 10.9 Å². The quantitative estimate of drug-likeness (QED) is 0.815. The van der Waals surface area contributed by atoms with Gasteiger partial charge in [0.15, 0.2) is 0 Å². The summed E-state index contributed by atoms with van der Waals surface area (Å²) in [5.74, 6) is 0.405. The number of likely N-dealkylation sites (tertiary alicyclic amines) is 1. The number of fused-ring (bicyclic) bond motifs is 1. The van der Waals surface area contributed by atoms with E-state index in [-0.39, 0.29) is 0 Å². The van der Waals surface area contributed by atoms with Gasteiger partial charge in [0.25, 0.3) is 0 Å². The first kappa shape index (κ1) is 20.1. The first-order valence-electron chi connectivity index (χ1n) is 9.37. The van der Waals surface area contributed by atoms with Crippen LogP contribution in [0.4, 0.5) is 5.82 Å². The zero-order valence-corrected chi connectivity index (χ0v) is 15.6. The number of aliphatic hydroxyl groups excluding tert-OH is 1. The highest BCUT2D eigenvalue weighted by atomic mass is 16.2. The minimum atomic E-state index is 0.405. The van der Waals surface area contributed by atoms with Crippen LogP contribution in [0.2, 0.25) is 0 Å². The Hall–Kier alpha value is -2.23. The summed E-state index contributed by atoms with van der Waals surface area (Å²) in [6.45, 7) is 2.79. The molecular formula is C20H29N5O. The Kier molecular flexibility index (Phi) is 8.26. The molecule has 0 spiro atoms. The number of nitrogen functional groups attached to an aromatic ring is 1. The molecule has 4 rings (SSSR count). The SMILES string of the molecule is C1CCC(N2CCCC2)CC1.CO.N#Cc1ccc2ncnc(N)c2c1. The lowest BCUT2D eigenvalue weighted by molar-refractivity contribution is 0.191. The van der Waals surface area contributed by atoms with E-state index in [4.69, 9.17) is 16.1 Å². The fraction of sp³-hybridized carbons (Fsp3) is 0.550. The molecule has 2 aliphatic rings. The number of nitriles is 1. The number of aromatic nitrogens is 2. The number of anilines is 1. The van der Waals surface area contributed by atoms with Crippen molar-refractivity contribution in [1.29, 1.82) is 5.26 Å². The molecule has 2 fully saturated rings. The molecule has 1 aliphatic heterocycles. The van der Waals surface area contributed by atoms with E-state index in [1.165, 1.54) is 64.4 Å². The maximum Gasteiger partial charge on any atom is 0.134 e. The lowest BCUT2D eigenvalue weighted by Gasteiger charge is -2.30. The Morgan fingerprint density at radius 3 is 2.42 bits per heavy atom. The summed E-state index contributed by atoms with van der Waals surface area (Å²) in [7, 11) is 1.00. The van der Waals surface area contributed by atoms with E-state index in [0.29, 0.717) is 11.4 Å². The van der Waals surface area contributed by atoms with Crippen molar-refractivity contribution < 1.29 is 5.11 Å². The molecular weight excluding hydrogens is 326 g/mol. The second kappa shape index (κ2) is 10.7. The lowest BCUT2D eigenvalue weighted by Crippen LogP contribution is -2.34. The molecule has 140 valence electrons. The largest absolute Gasteiger partial charge is 0.400 e. The van der Waals surface area contributed by atoms with Crippen molar-refractivity contribution in [3.63, 3.8) is 0 Å². The highest BCUT2D eigenvalue weighted by Crippen LogP contribution is 2.25. The maximum atomic E-state index is 8.66. The number of benzene rings is 1. The predicted molar refractivity (Wildman–Crippen MR) is 104 cm³/mol. The van der Waals surface area contributed by atoms with Crippen molar-refractivity contribution in [3.05, 3.63) is 30.1 Å². The predicted octanol–water partition coefficient (Wildman–Crippen LogP) is 3.11. The standard InChI is InChI=1S/C10H19N.C9H6N4.CH4O/c1-2-6-10(7-3-1)11-8-4-5-9-11;10-4-6-1-2-8-7(3-6)9(11)13-5-12-8;1-2/h10H,1-9H2;1-3,5H,(H2,11,12,13);2H,1H3. The summed E-state index contributed by atoms with van der Waals surface area (Å²) >= 11 is 0. The summed E-state index contributed by atoms with van der Waals surface area (Å²) in [4.78, 5) is 10.6. The second-order valence-corrected chi connectivity index (χ2v) is 6.64. The van der Waals surface area contributed by atoms with Crippen molar-refractivity contribution in [2.75, 3.05) is 25.9 Å². The van der Waals surface area contributed by atoms with Crippen molar-refractivity contribution in [3.8, 4) is 6.07 Å². The number of aliphatic hydroxyl groups is 1. The van der Waals surface area contributed by atoms with E-state index in [9.17, 15) is 0 Å². The Morgan fingerprint density at radius 2 is 1.77 bits per heavy atom. The first-order valence-corrected chi connectivity index (χ1v) is 9.37. The molecule has 6 heteroatoms. The molecule has 0 atom stereocenters. The molecule has 26 heavy (non-hydrogen) atoms. The minimum absolute atomic E-state index is 0.405. The average Bonchev–Trinajstić information content (AvgIpc) is 3.26. The molecule has 1 saturated carbocycles. The summed E-state index contributed by atoms with van der Waals surface area (Å²) in [6.07, 6.45) is 11.8. The highest BCUT2D eigenvalue weighted by Gasteiger charge is 2.22. The Morgan fingerprint density at radius 1 is 1.08 bits per heavy atom. The van der Waals surface area contributed by atoms with E-state index in [1.807, 2.05) is 6.07 Å². The topological polar surface area (TPSA) is 99.1 Å². The molecule has 1 saturated heterocycles. The summed E-state index contributed by atoms with van der Waals surface area (Å²) in [5.41, 5.74) is 6.94. The number of rotatable bonds is 1. The third kappa shape index (κ3) is 5.38. The summed E-state index contributed by atoms with van der Waals surface area (Å²) in [6, 6.07) is 8.16. The number of nitrogens with two attached hydrogens (primary N) is 1. The van der Waals surface area contributed by atoms with Gasteiger partial charge >= 0.3 is 0 Å². The van der Waals surface area contributed by atoms with Crippen LogP contribution in [0.15, 0.2) is 24.5 Å². The van der Waals surface area contributed by atoms with Crippen LogP contribution in [-0.2, 0) is 0 Å². The molecule has 3 N–H and O–H groups in total. The van der Waals surface area contributed by atoms with E-state index in [1.54, 1.807) is 18.2 Å². The van der Waals surface area contributed by atoms with Crippen LogP contribution in [0.1, 0.15) is 50.5 Å². The van der Waals surface area contributed by atoms with Crippen molar-refractivity contribution in [1.82, 2.24) is 14.9 Å². The maximum absolute atomic E-state index is 8.66. The van der Waals surface area contributed by atoms with E-state index < -0.39 is 0 Å². The van der Waals surface area contributed by atoms with Gasteiger partial charge in [0.05, 0.1) is 17.1 Å². The van der Waals surface area contributed by atoms with Gasteiger partial charge in [0.2, 0.25) is 0 Å². The average molecular weight is 355 g/mol.